The Balaban J connectivity index is 1.00. The van der Waals surface area contributed by atoms with Gasteiger partial charge in [0.2, 0.25) is 0 Å². The minimum Gasteiger partial charge on any atom is -0.461 e. The Kier molecular flexibility index (Phi) is 11.1. The van der Waals surface area contributed by atoms with E-state index in [9.17, 15) is 0 Å². The van der Waals surface area contributed by atoms with Crippen LogP contribution in [0.4, 0.5) is 17.1 Å². The average Bonchev–Trinajstić information content (AvgIpc) is 2.69. The standard InChI is InChI=1S/C78H65NO2/c1-13-14-26-55-48(5)80-49(6)71(55)70-47(4)76(7,8)66-43-61-56-38-36-52(40-63(56)77(9,10)65(61)44-62(66)70)79(68-30-22-29-57(54-27-19-18-23-46(54)3)72(68)51-24-16-15-17-25-51)53-37-39-58-64(41-53)78(11,12)67-42-60(50-34-32-45(2)33-35-50)75-74(73(58)67)59-28-20-21-31-69(59)81-75/h13-44H,1,4,6H2,2-3,5,7-12H3/b26-14-,71-70-. The molecule has 3 aliphatic rings. The lowest BCUT2D eigenvalue weighted by atomic mass is 9.79. The quantitative estimate of drug-likeness (QED) is 0.142. The zero-order valence-corrected chi connectivity index (χ0v) is 47.9. The lowest BCUT2D eigenvalue weighted by molar-refractivity contribution is 0.502. The number of fused-ring (bicyclic) bond motifs is 11. The lowest BCUT2D eigenvalue weighted by Gasteiger charge is -2.32. The summed E-state index contributed by atoms with van der Waals surface area (Å²) in [4.78, 5) is 2.54. The molecule has 0 atom stereocenters. The molecule has 2 aromatic heterocycles. The molecule has 0 fully saturated rings. The van der Waals surface area contributed by atoms with Crippen molar-refractivity contribution >= 4 is 57.2 Å². The highest BCUT2D eigenvalue weighted by atomic mass is 16.3. The van der Waals surface area contributed by atoms with Crippen LogP contribution in [0, 0.1) is 20.8 Å². The first-order valence-electron chi connectivity index (χ1n) is 28.4. The van der Waals surface area contributed by atoms with E-state index in [0.29, 0.717) is 5.42 Å². The summed E-state index contributed by atoms with van der Waals surface area (Å²) in [6.45, 7) is 33.8. The molecule has 0 aliphatic heterocycles. The van der Waals surface area contributed by atoms with Gasteiger partial charge in [-0.2, -0.15) is 0 Å². The van der Waals surface area contributed by atoms with E-state index in [2.05, 4.69) is 255 Å². The highest BCUT2D eigenvalue weighted by Crippen LogP contribution is 2.59. The summed E-state index contributed by atoms with van der Waals surface area (Å²) in [6, 6.07) is 65.8. The minimum absolute atomic E-state index is 0.337. The number of rotatable bonds is 8. The van der Waals surface area contributed by atoms with Gasteiger partial charge in [0.05, 0.1) is 5.69 Å². The van der Waals surface area contributed by atoms with E-state index in [-0.39, 0.29) is 16.2 Å². The molecule has 3 nitrogen and oxygen atoms in total. The van der Waals surface area contributed by atoms with E-state index >= 15 is 0 Å². The van der Waals surface area contributed by atoms with Gasteiger partial charge in [0, 0.05) is 60.3 Å². The summed E-state index contributed by atoms with van der Waals surface area (Å²) in [5, 5.41) is 3.31. The topological polar surface area (TPSA) is 29.5 Å². The van der Waals surface area contributed by atoms with Crippen molar-refractivity contribution in [1.29, 1.82) is 0 Å². The van der Waals surface area contributed by atoms with Crippen LogP contribution in [-0.4, -0.2) is 0 Å². The van der Waals surface area contributed by atoms with Gasteiger partial charge in [-0.05, 0) is 170 Å². The maximum atomic E-state index is 6.90. The molecular weight excluding hydrogens is 983 g/mol. The Labute approximate surface area is 475 Å². The van der Waals surface area contributed by atoms with Crippen LogP contribution in [0.2, 0.25) is 0 Å². The molecule has 14 rings (SSSR count). The van der Waals surface area contributed by atoms with Crippen molar-refractivity contribution in [3.8, 4) is 55.6 Å². The summed E-state index contributed by atoms with van der Waals surface area (Å²) >= 11 is 0. The molecule has 0 bridgehead atoms. The molecule has 11 aromatic rings. The number of allylic oxidation sites excluding steroid dienone is 3. The van der Waals surface area contributed by atoms with E-state index in [1.165, 1.54) is 88.8 Å². The Bertz CT molecular complexity index is 4680. The van der Waals surface area contributed by atoms with Crippen LogP contribution in [-0.2, 0) is 16.2 Å². The van der Waals surface area contributed by atoms with Gasteiger partial charge in [0.25, 0.3) is 0 Å². The van der Waals surface area contributed by atoms with Crippen molar-refractivity contribution in [2.75, 3.05) is 4.90 Å². The summed E-state index contributed by atoms with van der Waals surface area (Å²) in [6.07, 6.45) is 5.87. The van der Waals surface area contributed by atoms with Crippen LogP contribution in [0.15, 0.2) is 216 Å². The number of anilines is 3. The van der Waals surface area contributed by atoms with Gasteiger partial charge in [-0.15, -0.1) is 0 Å². The second-order valence-corrected chi connectivity index (χ2v) is 24.3. The van der Waals surface area contributed by atoms with Crippen molar-refractivity contribution in [3.63, 3.8) is 0 Å². The van der Waals surface area contributed by atoms with Crippen molar-refractivity contribution in [1.82, 2.24) is 0 Å². The summed E-state index contributed by atoms with van der Waals surface area (Å²) in [5.41, 5.74) is 30.0. The molecule has 9 aromatic carbocycles. The van der Waals surface area contributed by atoms with E-state index in [4.69, 9.17) is 15.4 Å². The number of hydrogen-bond acceptors (Lipinski definition) is 3. The molecular formula is C78H65NO2. The Morgan fingerprint density at radius 2 is 1.10 bits per heavy atom. The third kappa shape index (κ3) is 7.27. The molecule has 394 valence electrons. The van der Waals surface area contributed by atoms with Crippen LogP contribution in [0.5, 0.6) is 0 Å². The molecule has 0 saturated heterocycles. The molecule has 81 heavy (non-hydrogen) atoms. The molecule has 0 amide bonds. The third-order valence-electron chi connectivity index (χ3n) is 18.6. The summed E-state index contributed by atoms with van der Waals surface area (Å²) in [7, 11) is 0. The van der Waals surface area contributed by atoms with E-state index in [0.717, 1.165) is 78.0 Å². The maximum Gasteiger partial charge on any atom is 0.143 e. The predicted molar refractivity (Wildman–Crippen MR) is 341 cm³/mol. The second-order valence-electron chi connectivity index (χ2n) is 24.3. The molecule has 0 unspecified atom stereocenters. The normalized spacial score (nSPS) is 15.7. The average molecular weight is 1050 g/mol. The monoisotopic (exact) mass is 1050 g/mol. The fourth-order valence-electron chi connectivity index (χ4n) is 14.1. The first kappa shape index (κ1) is 50.1. The first-order chi connectivity index (χ1) is 39.0. The lowest BCUT2D eigenvalue weighted by Crippen LogP contribution is -2.25. The van der Waals surface area contributed by atoms with E-state index in [1.54, 1.807) is 0 Å². The van der Waals surface area contributed by atoms with Crippen molar-refractivity contribution < 1.29 is 8.83 Å². The SMILES string of the molecule is C=C/C=C\c1c(C)oc(=C)/c1=C1\C(=C)C(C)(C)c2cc3c(cc21)C(C)(C)c1cc(N(c2ccc4c(c2)C(C)(C)c2cc(-c5ccc(C)cc5)c5oc6ccccc6c5c2-4)c2cccc(-c4ccccc4C)c2-c2ccccc2)ccc1-3. The zero-order valence-electron chi connectivity index (χ0n) is 47.9. The predicted octanol–water partition coefficient (Wildman–Crippen LogP) is 19.8. The summed E-state index contributed by atoms with van der Waals surface area (Å²) < 4.78 is 13.2. The summed E-state index contributed by atoms with van der Waals surface area (Å²) in [5.74, 6) is 0.832. The molecule has 0 spiro atoms. The van der Waals surface area contributed by atoms with Gasteiger partial charge in [-0.3, -0.25) is 0 Å². The van der Waals surface area contributed by atoms with Crippen LogP contribution in [0.25, 0.3) is 95.8 Å². The van der Waals surface area contributed by atoms with E-state index in [1.807, 2.05) is 19.1 Å². The van der Waals surface area contributed by atoms with Crippen LogP contribution < -0.4 is 15.5 Å². The second kappa shape index (κ2) is 17.9. The third-order valence-corrected chi connectivity index (χ3v) is 18.6. The highest BCUT2D eigenvalue weighted by Gasteiger charge is 2.44. The van der Waals surface area contributed by atoms with Gasteiger partial charge in [0.1, 0.15) is 22.3 Å². The maximum absolute atomic E-state index is 6.90. The number of hydrogen-bond donors (Lipinski definition) is 0. The highest BCUT2D eigenvalue weighted by molar-refractivity contribution is 6.19. The first-order valence-corrected chi connectivity index (χ1v) is 28.4. The number of furan rings is 2. The molecule has 2 heterocycles. The van der Waals surface area contributed by atoms with Crippen molar-refractivity contribution in [2.45, 2.75) is 78.6 Å². The molecule has 0 radical (unpaired) electrons. The van der Waals surface area contributed by atoms with Crippen LogP contribution >= 0.6 is 0 Å². The van der Waals surface area contributed by atoms with Crippen LogP contribution in [0.3, 0.4) is 0 Å². The molecule has 0 N–H and O–H groups in total. The van der Waals surface area contributed by atoms with E-state index < -0.39 is 0 Å². The Hall–Kier alpha value is -9.18. The van der Waals surface area contributed by atoms with Gasteiger partial charge in [-0.25, -0.2) is 0 Å². The fourth-order valence-corrected chi connectivity index (χ4v) is 14.1. The number of aryl methyl sites for hydroxylation is 3. The van der Waals surface area contributed by atoms with Gasteiger partial charge < -0.3 is 13.7 Å². The smallest absolute Gasteiger partial charge is 0.143 e. The van der Waals surface area contributed by atoms with Gasteiger partial charge in [0.15, 0.2) is 0 Å². The van der Waals surface area contributed by atoms with Gasteiger partial charge >= 0.3 is 0 Å². The minimum atomic E-state index is -0.369. The van der Waals surface area contributed by atoms with Crippen molar-refractivity contribution in [2.24, 2.45) is 0 Å². The van der Waals surface area contributed by atoms with Crippen LogP contribution in [0.1, 0.15) is 97.4 Å². The number of benzene rings is 9. The van der Waals surface area contributed by atoms with Crippen molar-refractivity contribution in [3.05, 3.63) is 273 Å². The fraction of sp³-hybridized carbons (Fsp3) is 0.154. The van der Waals surface area contributed by atoms with Gasteiger partial charge in [-0.1, -0.05) is 206 Å². The molecule has 3 aliphatic carbocycles. The largest absolute Gasteiger partial charge is 0.461 e. The number of para-hydroxylation sites is 1. The molecule has 3 heteroatoms. The number of nitrogens with zero attached hydrogens (tertiary/aromatic N) is 1. The Morgan fingerprint density at radius 3 is 1.84 bits per heavy atom. The zero-order chi connectivity index (χ0) is 56.0. The Morgan fingerprint density at radius 1 is 0.481 bits per heavy atom. The molecule has 0 saturated carbocycles.